The molecule has 1 heterocycles. The van der Waals surface area contributed by atoms with Gasteiger partial charge in [-0.15, -0.1) is 0 Å². The number of nitrogens with two attached hydrogens (primary N) is 1. The van der Waals surface area contributed by atoms with Crippen molar-refractivity contribution in [2.75, 3.05) is 6.61 Å². The van der Waals surface area contributed by atoms with E-state index < -0.39 is 18.1 Å². The van der Waals surface area contributed by atoms with Crippen molar-refractivity contribution in [3.8, 4) is 0 Å². The summed E-state index contributed by atoms with van der Waals surface area (Å²) in [6.07, 6.45) is 6.88. The Kier molecular flexibility index (Phi) is 9.11. The fraction of sp³-hybridized carbons (Fsp3) is 0.647. The molecule has 0 spiro atoms. The van der Waals surface area contributed by atoms with Crippen molar-refractivity contribution in [1.82, 2.24) is 5.32 Å². The maximum absolute atomic E-state index is 11.6. The molecule has 0 aromatic carbocycles. The van der Waals surface area contributed by atoms with Crippen molar-refractivity contribution in [2.45, 2.75) is 64.4 Å². The molecular formula is C17H28N2O5. The largest absolute Gasteiger partial charge is 0.463 e. The Morgan fingerprint density at radius 3 is 2.83 bits per heavy atom. The van der Waals surface area contributed by atoms with Gasteiger partial charge < -0.3 is 25.6 Å². The predicted octanol–water partition coefficient (Wildman–Crippen LogP) is 1.12. The van der Waals surface area contributed by atoms with Crippen molar-refractivity contribution in [3.63, 3.8) is 0 Å². The minimum atomic E-state index is -0.692. The second-order valence-electron chi connectivity index (χ2n) is 5.85. The van der Waals surface area contributed by atoms with Crippen LogP contribution in [0, 0.1) is 0 Å². The van der Waals surface area contributed by atoms with Crippen molar-refractivity contribution in [1.29, 1.82) is 0 Å². The number of aliphatic hydroxyl groups is 1. The summed E-state index contributed by atoms with van der Waals surface area (Å²) in [6, 6.07) is 0. The first-order chi connectivity index (χ1) is 11.4. The summed E-state index contributed by atoms with van der Waals surface area (Å²) in [5.74, 6) is -0.740. The number of carbonyl (C=O) groups is 2. The summed E-state index contributed by atoms with van der Waals surface area (Å²) < 4.78 is 10.7. The first-order valence-corrected chi connectivity index (χ1v) is 8.32. The van der Waals surface area contributed by atoms with Crippen molar-refractivity contribution < 1.29 is 24.2 Å². The van der Waals surface area contributed by atoms with Gasteiger partial charge in [-0.1, -0.05) is 25.8 Å². The molecule has 7 heteroatoms. The molecule has 1 aliphatic rings. The van der Waals surface area contributed by atoms with E-state index in [0.29, 0.717) is 18.4 Å². The van der Waals surface area contributed by atoms with E-state index >= 15 is 0 Å². The number of aliphatic hydroxyl groups excluding tert-OH is 1. The lowest BCUT2D eigenvalue weighted by Crippen LogP contribution is -2.29. The number of allylic oxidation sites excluding steroid dienone is 2. The molecular weight excluding hydrogens is 312 g/mol. The highest BCUT2D eigenvalue weighted by Gasteiger charge is 2.34. The minimum Gasteiger partial charge on any atom is -0.463 e. The third-order valence-electron chi connectivity index (χ3n) is 3.73. The molecule has 0 radical (unpaired) electrons. The third kappa shape index (κ3) is 7.61. The highest BCUT2D eigenvalue weighted by Crippen LogP contribution is 2.19. The highest BCUT2D eigenvalue weighted by atomic mass is 16.6. The molecule has 4 N–H and O–H groups in total. The summed E-state index contributed by atoms with van der Waals surface area (Å²) in [6.45, 7) is 3.74. The van der Waals surface area contributed by atoms with Crippen LogP contribution in [0.4, 0.5) is 0 Å². The fourth-order valence-electron chi connectivity index (χ4n) is 2.19. The molecule has 1 aliphatic heterocycles. The summed E-state index contributed by atoms with van der Waals surface area (Å²) in [4.78, 5) is 22.4. The first-order valence-electron chi connectivity index (χ1n) is 8.32. The average molecular weight is 340 g/mol. The van der Waals surface area contributed by atoms with E-state index in [1.54, 1.807) is 25.3 Å². The van der Waals surface area contributed by atoms with Crippen LogP contribution >= 0.6 is 0 Å². The summed E-state index contributed by atoms with van der Waals surface area (Å²) in [5, 5.41) is 12.9. The van der Waals surface area contributed by atoms with Gasteiger partial charge in [-0.2, -0.15) is 0 Å². The summed E-state index contributed by atoms with van der Waals surface area (Å²) >= 11 is 0. The molecule has 0 aliphatic carbocycles. The molecule has 1 saturated heterocycles. The van der Waals surface area contributed by atoms with Gasteiger partial charge in [0.1, 0.15) is 18.9 Å². The van der Waals surface area contributed by atoms with Crippen molar-refractivity contribution >= 4 is 11.9 Å². The molecule has 0 aromatic heterocycles. The van der Waals surface area contributed by atoms with Crippen molar-refractivity contribution in [2.24, 2.45) is 5.73 Å². The minimum absolute atomic E-state index is 0.0503. The number of primary amides is 1. The van der Waals surface area contributed by atoms with Gasteiger partial charge in [-0.25, -0.2) is 0 Å². The van der Waals surface area contributed by atoms with Gasteiger partial charge in [-0.3, -0.25) is 9.59 Å². The molecule has 0 aromatic rings. The van der Waals surface area contributed by atoms with Gasteiger partial charge in [0.25, 0.3) is 0 Å². The third-order valence-corrected chi connectivity index (χ3v) is 3.73. The van der Waals surface area contributed by atoms with Crippen LogP contribution in [-0.2, 0) is 19.1 Å². The van der Waals surface area contributed by atoms with E-state index in [4.69, 9.17) is 15.2 Å². The van der Waals surface area contributed by atoms with E-state index in [1.165, 1.54) is 0 Å². The molecule has 0 bridgehead atoms. The van der Waals surface area contributed by atoms with Gasteiger partial charge in [0.05, 0.1) is 6.10 Å². The van der Waals surface area contributed by atoms with Gasteiger partial charge >= 0.3 is 5.97 Å². The highest BCUT2D eigenvalue weighted by molar-refractivity contribution is 5.91. The Balaban J connectivity index is 2.29. The summed E-state index contributed by atoms with van der Waals surface area (Å²) in [7, 11) is 0. The number of amides is 1. The van der Waals surface area contributed by atoms with E-state index in [2.05, 4.69) is 12.2 Å². The monoisotopic (exact) mass is 340 g/mol. The Hall–Kier alpha value is -1.86. The number of carbonyl (C=O) groups excluding carboxylic acids is 2. The van der Waals surface area contributed by atoms with Crippen LogP contribution in [0.3, 0.4) is 0 Å². The lowest BCUT2D eigenvalue weighted by molar-refractivity contribution is -0.149. The molecule has 7 nitrogen and oxygen atoms in total. The number of unbranched alkanes of at least 4 members (excludes halogenated alkanes) is 2. The molecule has 1 amide bonds. The zero-order chi connectivity index (χ0) is 17.9. The molecule has 3 atom stereocenters. The van der Waals surface area contributed by atoms with E-state index in [0.717, 1.165) is 19.3 Å². The molecule has 1 unspecified atom stereocenters. The van der Waals surface area contributed by atoms with Gasteiger partial charge in [-0.05, 0) is 25.6 Å². The van der Waals surface area contributed by atoms with Gasteiger partial charge in [0.15, 0.2) is 0 Å². The molecule has 1 fully saturated rings. The Labute approximate surface area is 142 Å². The smallest absolute Gasteiger partial charge is 0.305 e. The van der Waals surface area contributed by atoms with Crippen LogP contribution in [0.2, 0.25) is 0 Å². The Morgan fingerprint density at radius 2 is 2.17 bits per heavy atom. The number of hydrogen-bond acceptors (Lipinski definition) is 6. The first kappa shape index (κ1) is 20.2. The Morgan fingerprint density at radius 1 is 1.42 bits per heavy atom. The number of esters is 1. The predicted molar refractivity (Wildman–Crippen MR) is 89.6 cm³/mol. The standard InChI is InChI=1S/C17H28N2O5/c1-3-4-5-8-16(21)23-11-14-13(20)10-15(24-14)19-9-6-7-12(2)17(18)22/h6-7,9,13-15,19-20H,3-5,8,10-11H2,1-2H3,(H2,18,22)/b9-6-,12-7+/t13-,14+,15?/m0/s1. The van der Waals surface area contributed by atoms with E-state index in [9.17, 15) is 14.7 Å². The molecule has 24 heavy (non-hydrogen) atoms. The lowest BCUT2D eigenvalue weighted by Gasteiger charge is -2.15. The number of hydrogen-bond donors (Lipinski definition) is 3. The van der Waals surface area contributed by atoms with Crippen LogP contribution in [0.25, 0.3) is 0 Å². The number of ether oxygens (including phenoxy) is 2. The zero-order valence-electron chi connectivity index (χ0n) is 14.4. The van der Waals surface area contributed by atoms with Gasteiger partial charge in [0, 0.05) is 18.4 Å². The lowest BCUT2D eigenvalue weighted by atomic mass is 10.2. The van der Waals surface area contributed by atoms with Crippen molar-refractivity contribution in [3.05, 3.63) is 23.9 Å². The van der Waals surface area contributed by atoms with Crippen LogP contribution in [0.15, 0.2) is 23.9 Å². The number of nitrogens with one attached hydrogen (secondary N) is 1. The second kappa shape index (κ2) is 10.8. The normalized spacial score (nSPS) is 24.3. The topological polar surface area (TPSA) is 111 Å². The van der Waals surface area contributed by atoms with Crippen LogP contribution in [0.1, 0.15) is 46.0 Å². The quantitative estimate of drug-likeness (QED) is 0.238. The maximum Gasteiger partial charge on any atom is 0.305 e. The molecule has 0 saturated carbocycles. The van der Waals surface area contributed by atoms with Crippen LogP contribution in [0.5, 0.6) is 0 Å². The maximum atomic E-state index is 11.6. The summed E-state index contributed by atoms with van der Waals surface area (Å²) in [5.41, 5.74) is 5.55. The second-order valence-corrected chi connectivity index (χ2v) is 5.85. The van der Waals surface area contributed by atoms with E-state index in [1.807, 2.05) is 0 Å². The average Bonchev–Trinajstić information content (AvgIpc) is 2.89. The Bertz CT molecular complexity index is 476. The zero-order valence-corrected chi connectivity index (χ0v) is 14.4. The molecule has 136 valence electrons. The SMILES string of the molecule is CCCCCC(=O)OC[C@H]1OC(N/C=C\C=C(/C)C(N)=O)C[C@@H]1O. The van der Waals surface area contributed by atoms with Gasteiger partial charge in [0.2, 0.25) is 5.91 Å². The molecule has 1 rings (SSSR count). The van der Waals surface area contributed by atoms with E-state index in [-0.39, 0.29) is 18.8 Å². The van der Waals surface area contributed by atoms with Crippen LogP contribution < -0.4 is 11.1 Å². The number of rotatable bonds is 10. The fourth-order valence-corrected chi connectivity index (χ4v) is 2.19. The van der Waals surface area contributed by atoms with Crippen LogP contribution in [-0.4, -0.2) is 42.0 Å².